The summed E-state index contributed by atoms with van der Waals surface area (Å²) in [6.45, 7) is 7.21. The van der Waals surface area contributed by atoms with Crippen LogP contribution < -0.4 is 5.32 Å². The van der Waals surface area contributed by atoms with Crippen molar-refractivity contribution in [1.29, 1.82) is 0 Å². The van der Waals surface area contributed by atoms with Gasteiger partial charge in [0, 0.05) is 25.2 Å². The Morgan fingerprint density at radius 3 is 2.37 bits per heavy atom. The highest BCUT2D eigenvalue weighted by molar-refractivity contribution is 5.89. The first-order chi connectivity index (χ1) is 14.1. The molecule has 0 aromatic heterocycles. The first-order valence-electron chi connectivity index (χ1n) is 9.55. The molecule has 1 spiro atoms. The molecule has 2 saturated heterocycles. The molecule has 0 radical (unpaired) electrons. The summed E-state index contributed by atoms with van der Waals surface area (Å²) in [4.78, 5) is 25.7. The lowest BCUT2D eigenvalue weighted by atomic mass is 9.86. The molecular weight excluding hydrogens is 406 g/mol. The molecule has 2 aliphatic rings. The van der Waals surface area contributed by atoms with E-state index in [9.17, 15) is 22.4 Å². The number of aliphatic carboxylic acids is 1. The maximum atomic E-state index is 13.7. The van der Waals surface area contributed by atoms with Gasteiger partial charge < -0.3 is 15.3 Å². The number of anilines is 1. The number of benzene rings is 1. The Kier molecular flexibility index (Phi) is 7.83. The van der Waals surface area contributed by atoms with Crippen LogP contribution in [0.25, 0.3) is 0 Å². The van der Waals surface area contributed by atoms with E-state index in [0.29, 0.717) is 6.54 Å². The van der Waals surface area contributed by atoms with E-state index in [4.69, 9.17) is 9.90 Å². The standard InChI is InChI=1S/C18H24FN3O.C2HF3O2/c1-2-11-22-13-6-10-18(22)9-5-12-21(14-18)17(23)20-16-8-4-3-7-15(16)19;3-2(4,5)1(6)7/h2-4,7-8H,1,5-6,9-14H2,(H,20,23);(H,6,7). The molecule has 2 aliphatic heterocycles. The molecular formula is C20H25F4N3O3. The number of alkyl halides is 3. The fourth-order valence-corrected chi connectivity index (χ4v) is 3.94. The molecule has 1 aromatic rings. The number of carboxylic acid groups (broad SMARTS) is 1. The van der Waals surface area contributed by atoms with Crippen LogP contribution in [-0.4, -0.2) is 64.8 Å². The Bertz CT molecular complexity index is 772. The maximum absolute atomic E-state index is 13.7. The number of likely N-dealkylation sites (tertiary alicyclic amines) is 2. The number of piperidine rings is 1. The van der Waals surface area contributed by atoms with E-state index in [-0.39, 0.29) is 17.3 Å². The number of amides is 2. The zero-order chi connectivity index (χ0) is 22.4. The number of urea groups is 1. The van der Waals surface area contributed by atoms with Gasteiger partial charge in [-0.3, -0.25) is 4.90 Å². The van der Waals surface area contributed by atoms with Crippen molar-refractivity contribution >= 4 is 17.7 Å². The molecule has 1 unspecified atom stereocenters. The predicted octanol–water partition coefficient (Wildman–Crippen LogP) is 4.11. The fraction of sp³-hybridized carbons (Fsp3) is 0.500. The van der Waals surface area contributed by atoms with Crippen LogP contribution in [-0.2, 0) is 4.79 Å². The van der Waals surface area contributed by atoms with Crippen LogP contribution in [0.15, 0.2) is 36.9 Å². The average Bonchev–Trinajstić information content (AvgIpc) is 3.05. The smallest absolute Gasteiger partial charge is 0.475 e. The summed E-state index contributed by atoms with van der Waals surface area (Å²) in [5.74, 6) is -3.16. The summed E-state index contributed by atoms with van der Waals surface area (Å²) in [6.07, 6.45) is 1.23. The topological polar surface area (TPSA) is 72.9 Å². The molecule has 30 heavy (non-hydrogen) atoms. The Hall–Kier alpha value is -2.62. The first-order valence-corrected chi connectivity index (χ1v) is 9.55. The van der Waals surface area contributed by atoms with Gasteiger partial charge in [-0.05, 0) is 44.4 Å². The van der Waals surface area contributed by atoms with Crippen LogP contribution in [0.1, 0.15) is 25.7 Å². The van der Waals surface area contributed by atoms with Crippen LogP contribution in [0.5, 0.6) is 0 Å². The summed E-state index contributed by atoms with van der Waals surface area (Å²) in [5.41, 5.74) is 0.311. The molecule has 10 heteroatoms. The first kappa shape index (κ1) is 23.7. The van der Waals surface area contributed by atoms with Crippen molar-refractivity contribution in [3.05, 3.63) is 42.7 Å². The number of para-hydroxylation sites is 1. The maximum Gasteiger partial charge on any atom is 0.490 e. The highest BCUT2D eigenvalue weighted by Gasteiger charge is 2.44. The van der Waals surface area contributed by atoms with Crippen molar-refractivity contribution in [3.8, 4) is 0 Å². The number of hydrogen-bond acceptors (Lipinski definition) is 3. The van der Waals surface area contributed by atoms with Gasteiger partial charge in [0.05, 0.1) is 5.69 Å². The van der Waals surface area contributed by atoms with E-state index in [2.05, 4.69) is 16.8 Å². The quantitative estimate of drug-likeness (QED) is 0.558. The average molecular weight is 431 g/mol. The monoisotopic (exact) mass is 431 g/mol. The van der Waals surface area contributed by atoms with Crippen molar-refractivity contribution < 1.29 is 32.3 Å². The summed E-state index contributed by atoms with van der Waals surface area (Å²) in [5, 5.41) is 9.83. The van der Waals surface area contributed by atoms with Crippen molar-refractivity contribution in [3.63, 3.8) is 0 Å². The van der Waals surface area contributed by atoms with Crippen molar-refractivity contribution in [2.45, 2.75) is 37.4 Å². The van der Waals surface area contributed by atoms with Gasteiger partial charge in [-0.15, -0.1) is 6.58 Å². The van der Waals surface area contributed by atoms with Crippen molar-refractivity contribution in [2.75, 3.05) is 31.5 Å². The summed E-state index contributed by atoms with van der Waals surface area (Å²) in [6, 6.07) is 6.08. The Morgan fingerprint density at radius 1 is 1.20 bits per heavy atom. The molecule has 0 bridgehead atoms. The Morgan fingerprint density at radius 2 is 1.80 bits per heavy atom. The number of rotatable bonds is 3. The van der Waals surface area contributed by atoms with Gasteiger partial charge in [-0.2, -0.15) is 13.2 Å². The zero-order valence-electron chi connectivity index (χ0n) is 16.4. The molecule has 2 fully saturated rings. The number of carbonyl (C=O) groups is 2. The van der Waals surface area contributed by atoms with Crippen LogP contribution in [0, 0.1) is 5.82 Å². The lowest BCUT2D eigenvalue weighted by Gasteiger charge is -2.45. The van der Waals surface area contributed by atoms with Gasteiger partial charge in [-0.25, -0.2) is 14.0 Å². The SMILES string of the molecule is C=CCN1CCCC12CCCN(C(=O)Nc1ccccc1F)C2.O=C(O)C(F)(F)F. The number of carboxylic acids is 1. The molecule has 0 saturated carbocycles. The summed E-state index contributed by atoms with van der Waals surface area (Å²) >= 11 is 0. The summed E-state index contributed by atoms with van der Waals surface area (Å²) < 4.78 is 45.5. The van der Waals surface area contributed by atoms with Crippen LogP contribution >= 0.6 is 0 Å². The van der Waals surface area contributed by atoms with Gasteiger partial charge >= 0.3 is 18.2 Å². The van der Waals surface area contributed by atoms with Crippen molar-refractivity contribution in [1.82, 2.24) is 9.80 Å². The van der Waals surface area contributed by atoms with Gasteiger partial charge in [0.15, 0.2) is 0 Å². The molecule has 2 heterocycles. The molecule has 2 amide bonds. The second-order valence-corrected chi connectivity index (χ2v) is 7.30. The van der Waals surface area contributed by atoms with Crippen LogP contribution in [0.3, 0.4) is 0 Å². The molecule has 6 nitrogen and oxygen atoms in total. The molecule has 3 rings (SSSR count). The minimum Gasteiger partial charge on any atom is -0.475 e. The van der Waals surface area contributed by atoms with Crippen LogP contribution in [0.4, 0.5) is 28.0 Å². The molecule has 1 atom stereocenters. The second-order valence-electron chi connectivity index (χ2n) is 7.30. The third-order valence-corrected chi connectivity index (χ3v) is 5.29. The molecule has 1 aromatic carbocycles. The number of halogens is 4. The van der Waals surface area contributed by atoms with E-state index < -0.39 is 18.0 Å². The van der Waals surface area contributed by atoms with Gasteiger partial charge in [0.1, 0.15) is 5.82 Å². The third kappa shape index (κ3) is 5.94. The normalized spacial score (nSPS) is 21.7. The van der Waals surface area contributed by atoms with E-state index >= 15 is 0 Å². The van der Waals surface area contributed by atoms with E-state index in [1.54, 1.807) is 18.2 Å². The number of hydrogen-bond donors (Lipinski definition) is 2. The number of carbonyl (C=O) groups excluding carboxylic acids is 1. The van der Waals surface area contributed by atoms with E-state index in [1.807, 2.05) is 11.0 Å². The fourth-order valence-electron chi connectivity index (χ4n) is 3.94. The minimum absolute atomic E-state index is 0.0685. The van der Waals surface area contributed by atoms with Crippen molar-refractivity contribution in [2.24, 2.45) is 0 Å². The van der Waals surface area contributed by atoms with Gasteiger partial charge in [0.25, 0.3) is 0 Å². The lowest BCUT2D eigenvalue weighted by Crippen LogP contribution is -2.57. The lowest BCUT2D eigenvalue weighted by molar-refractivity contribution is -0.192. The van der Waals surface area contributed by atoms with Crippen LogP contribution in [0.2, 0.25) is 0 Å². The molecule has 166 valence electrons. The minimum atomic E-state index is -5.08. The third-order valence-electron chi connectivity index (χ3n) is 5.29. The second kappa shape index (κ2) is 9.92. The highest BCUT2D eigenvalue weighted by Crippen LogP contribution is 2.37. The summed E-state index contributed by atoms with van der Waals surface area (Å²) in [7, 11) is 0. The van der Waals surface area contributed by atoms with E-state index in [1.165, 1.54) is 6.07 Å². The molecule has 2 N–H and O–H groups in total. The van der Waals surface area contributed by atoms with Gasteiger partial charge in [-0.1, -0.05) is 18.2 Å². The Labute approximate surface area is 172 Å². The number of nitrogens with one attached hydrogen (secondary N) is 1. The zero-order valence-corrected chi connectivity index (χ0v) is 16.4. The van der Waals surface area contributed by atoms with E-state index in [0.717, 1.165) is 45.3 Å². The highest BCUT2D eigenvalue weighted by atomic mass is 19.4. The molecule has 0 aliphatic carbocycles. The van der Waals surface area contributed by atoms with Gasteiger partial charge in [0.2, 0.25) is 0 Å². The Balaban J connectivity index is 0.000000396. The number of nitrogens with zero attached hydrogens (tertiary/aromatic N) is 2. The predicted molar refractivity (Wildman–Crippen MR) is 104 cm³/mol. The largest absolute Gasteiger partial charge is 0.490 e.